The Labute approximate surface area is 207 Å². The first-order valence-corrected chi connectivity index (χ1v) is 12.3. The molecule has 0 aromatic heterocycles. The number of hydrogen-bond acceptors (Lipinski definition) is 4. The highest BCUT2D eigenvalue weighted by molar-refractivity contribution is 5.86. The van der Waals surface area contributed by atoms with Gasteiger partial charge in [0.15, 0.2) is 0 Å². The van der Waals surface area contributed by atoms with Gasteiger partial charge in [0.05, 0.1) is 5.41 Å². The molecule has 7 nitrogen and oxygen atoms in total. The highest BCUT2D eigenvalue weighted by atomic mass is 16.5. The van der Waals surface area contributed by atoms with Gasteiger partial charge in [-0.25, -0.2) is 4.79 Å². The van der Waals surface area contributed by atoms with Gasteiger partial charge >= 0.3 is 12.1 Å². The molecule has 2 aromatic rings. The van der Waals surface area contributed by atoms with Gasteiger partial charge in [0.25, 0.3) is 0 Å². The summed E-state index contributed by atoms with van der Waals surface area (Å²) >= 11 is 0. The average Bonchev–Trinajstić information content (AvgIpc) is 3.16. The number of nitrogens with zero attached hydrogens (tertiary/aromatic N) is 1. The fourth-order valence-electron chi connectivity index (χ4n) is 4.93. The molecule has 2 N–H and O–H groups in total. The third kappa shape index (κ3) is 5.84. The van der Waals surface area contributed by atoms with Crippen molar-refractivity contribution in [1.82, 2.24) is 10.2 Å². The van der Waals surface area contributed by atoms with Crippen LogP contribution >= 0.6 is 0 Å². The van der Waals surface area contributed by atoms with Crippen LogP contribution < -0.4 is 5.32 Å². The molecule has 188 valence electrons. The van der Waals surface area contributed by atoms with Crippen LogP contribution in [0.4, 0.5) is 4.79 Å². The normalized spacial score (nSPS) is 12.7. The van der Waals surface area contributed by atoms with E-state index in [1.54, 1.807) is 0 Å². The first-order valence-electron chi connectivity index (χ1n) is 12.3. The number of carboxylic acid groups (broad SMARTS) is 1. The molecule has 0 unspecified atom stereocenters. The second-order valence-corrected chi connectivity index (χ2v) is 9.64. The molecule has 0 saturated carbocycles. The van der Waals surface area contributed by atoms with Gasteiger partial charge in [0.2, 0.25) is 5.91 Å². The van der Waals surface area contributed by atoms with E-state index in [2.05, 4.69) is 29.6 Å². The molecule has 0 spiro atoms. The van der Waals surface area contributed by atoms with Crippen LogP contribution in [-0.4, -0.2) is 54.2 Å². The fraction of sp³-hybridized carbons (Fsp3) is 0.464. The lowest BCUT2D eigenvalue weighted by molar-refractivity contribution is -0.150. The van der Waals surface area contributed by atoms with Gasteiger partial charge in [0, 0.05) is 19.0 Å². The summed E-state index contributed by atoms with van der Waals surface area (Å²) in [5, 5.41) is 12.1. The van der Waals surface area contributed by atoms with Crippen molar-refractivity contribution < 1.29 is 24.2 Å². The second kappa shape index (κ2) is 11.4. The molecule has 0 heterocycles. The molecular weight excluding hydrogens is 444 g/mol. The maximum absolute atomic E-state index is 13.4. The minimum absolute atomic E-state index is 0.0472. The van der Waals surface area contributed by atoms with Crippen molar-refractivity contribution in [3.8, 4) is 11.1 Å². The third-order valence-corrected chi connectivity index (χ3v) is 6.92. The van der Waals surface area contributed by atoms with Crippen LogP contribution in [-0.2, 0) is 14.3 Å². The largest absolute Gasteiger partial charge is 0.480 e. The molecule has 0 atom stereocenters. The predicted octanol–water partition coefficient (Wildman–Crippen LogP) is 4.90. The molecule has 1 aliphatic carbocycles. The Hall–Kier alpha value is -3.35. The lowest BCUT2D eigenvalue weighted by Gasteiger charge is -2.36. The summed E-state index contributed by atoms with van der Waals surface area (Å²) < 4.78 is 5.62. The number of amides is 2. The summed E-state index contributed by atoms with van der Waals surface area (Å²) in [5.74, 6) is -1.23. The molecule has 3 rings (SSSR count). The zero-order valence-electron chi connectivity index (χ0n) is 21.0. The van der Waals surface area contributed by atoms with E-state index in [-0.39, 0.29) is 37.4 Å². The van der Waals surface area contributed by atoms with Gasteiger partial charge in [-0.05, 0) is 41.0 Å². The number of alkyl carbamates (subject to hydrolysis) is 1. The summed E-state index contributed by atoms with van der Waals surface area (Å²) in [6.45, 7) is 7.92. The van der Waals surface area contributed by atoms with Crippen molar-refractivity contribution in [2.24, 2.45) is 11.3 Å². The van der Waals surface area contributed by atoms with Crippen molar-refractivity contribution >= 4 is 18.0 Å². The maximum atomic E-state index is 13.4. The quantitative estimate of drug-likeness (QED) is 0.477. The molecular formula is C28H36N2O5. The third-order valence-electron chi connectivity index (χ3n) is 6.92. The topological polar surface area (TPSA) is 95.9 Å². The van der Waals surface area contributed by atoms with Crippen LogP contribution in [0, 0.1) is 11.3 Å². The Balaban J connectivity index is 1.67. The van der Waals surface area contributed by atoms with E-state index in [1.807, 2.05) is 52.0 Å². The number of carbonyl (C=O) groups excluding carboxylic acids is 2. The van der Waals surface area contributed by atoms with Crippen LogP contribution in [0.25, 0.3) is 11.1 Å². The van der Waals surface area contributed by atoms with E-state index >= 15 is 0 Å². The van der Waals surface area contributed by atoms with Crippen LogP contribution in [0.3, 0.4) is 0 Å². The molecule has 0 radical (unpaired) electrons. The van der Waals surface area contributed by atoms with Crippen molar-refractivity contribution in [2.75, 3.05) is 26.2 Å². The van der Waals surface area contributed by atoms with E-state index in [9.17, 15) is 19.5 Å². The Morgan fingerprint density at radius 2 is 1.54 bits per heavy atom. The first-order chi connectivity index (χ1) is 16.7. The number of hydrogen-bond donors (Lipinski definition) is 2. The SMILES string of the molecule is CCC(CC)(CNC(=O)OCC1c2ccccc2-c2ccccc21)C(=O)N(CC(=O)O)CC(C)C. The van der Waals surface area contributed by atoms with Crippen molar-refractivity contribution in [3.05, 3.63) is 59.7 Å². The molecule has 7 heteroatoms. The maximum Gasteiger partial charge on any atom is 0.407 e. The van der Waals surface area contributed by atoms with Crippen LogP contribution in [0.1, 0.15) is 57.6 Å². The van der Waals surface area contributed by atoms with Crippen molar-refractivity contribution in [3.63, 3.8) is 0 Å². The molecule has 35 heavy (non-hydrogen) atoms. The van der Waals surface area contributed by atoms with E-state index in [1.165, 1.54) is 4.90 Å². The number of carbonyl (C=O) groups is 3. The van der Waals surface area contributed by atoms with Gasteiger partial charge in [-0.3, -0.25) is 9.59 Å². The Morgan fingerprint density at radius 3 is 2.03 bits per heavy atom. The number of nitrogens with one attached hydrogen (secondary N) is 1. The molecule has 0 fully saturated rings. The lowest BCUT2D eigenvalue weighted by atomic mass is 9.80. The number of benzene rings is 2. The van der Waals surface area contributed by atoms with Gasteiger partial charge in [0.1, 0.15) is 13.2 Å². The van der Waals surface area contributed by atoms with Crippen molar-refractivity contribution in [1.29, 1.82) is 0 Å². The molecule has 0 saturated heterocycles. The smallest absolute Gasteiger partial charge is 0.407 e. The average molecular weight is 481 g/mol. The van der Waals surface area contributed by atoms with Gasteiger partial charge in [-0.2, -0.15) is 0 Å². The molecule has 2 amide bonds. The fourth-order valence-corrected chi connectivity index (χ4v) is 4.93. The van der Waals surface area contributed by atoms with Gasteiger partial charge in [-0.15, -0.1) is 0 Å². The first kappa shape index (κ1) is 26.3. The van der Waals surface area contributed by atoms with E-state index < -0.39 is 17.5 Å². The van der Waals surface area contributed by atoms with E-state index in [0.717, 1.165) is 22.3 Å². The molecule has 1 aliphatic rings. The molecule has 0 bridgehead atoms. The van der Waals surface area contributed by atoms with Gasteiger partial charge < -0.3 is 20.1 Å². The van der Waals surface area contributed by atoms with E-state index in [4.69, 9.17) is 4.74 Å². The summed E-state index contributed by atoms with van der Waals surface area (Å²) in [6.07, 6.45) is 0.361. The number of aliphatic carboxylic acids is 1. The van der Waals surface area contributed by atoms with Crippen LogP contribution in [0.5, 0.6) is 0 Å². The number of carboxylic acids is 1. The number of ether oxygens (including phenoxy) is 1. The molecule has 0 aliphatic heterocycles. The Kier molecular flexibility index (Phi) is 8.54. The highest BCUT2D eigenvalue weighted by Gasteiger charge is 2.39. The summed E-state index contributed by atoms with van der Waals surface area (Å²) in [6, 6.07) is 16.3. The monoisotopic (exact) mass is 480 g/mol. The van der Waals surface area contributed by atoms with E-state index in [0.29, 0.717) is 19.4 Å². The van der Waals surface area contributed by atoms with Crippen LogP contribution in [0.2, 0.25) is 0 Å². The standard InChI is InChI=1S/C28H36N2O5/c1-5-28(6-2,26(33)30(15-19(3)4)16-25(31)32)18-29-27(34)35-17-24-22-13-9-7-11-20(22)21-12-8-10-14-23(21)24/h7-14,19,24H,5-6,15-18H2,1-4H3,(H,29,34)(H,31,32). The zero-order valence-corrected chi connectivity index (χ0v) is 21.0. The zero-order chi connectivity index (χ0) is 25.6. The Bertz CT molecular complexity index is 1020. The van der Waals surface area contributed by atoms with Crippen LogP contribution in [0.15, 0.2) is 48.5 Å². The minimum Gasteiger partial charge on any atom is -0.480 e. The minimum atomic E-state index is -1.05. The summed E-state index contributed by atoms with van der Waals surface area (Å²) in [7, 11) is 0. The predicted molar refractivity (Wildman–Crippen MR) is 135 cm³/mol. The second-order valence-electron chi connectivity index (χ2n) is 9.64. The molecule has 2 aromatic carbocycles. The summed E-state index contributed by atoms with van der Waals surface area (Å²) in [5.41, 5.74) is 3.68. The lowest BCUT2D eigenvalue weighted by Crippen LogP contribution is -2.51. The highest BCUT2D eigenvalue weighted by Crippen LogP contribution is 2.44. The number of rotatable bonds is 11. The Morgan fingerprint density at radius 1 is 1.00 bits per heavy atom. The van der Waals surface area contributed by atoms with Gasteiger partial charge in [-0.1, -0.05) is 76.2 Å². The summed E-state index contributed by atoms with van der Waals surface area (Å²) in [4.78, 5) is 38.9. The van der Waals surface area contributed by atoms with Crippen molar-refractivity contribution in [2.45, 2.75) is 46.5 Å². The number of fused-ring (bicyclic) bond motifs is 3.